The number of rotatable bonds is 12. The van der Waals surface area contributed by atoms with Gasteiger partial charge < -0.3 is 19.7 Å². The number of hydrogen-bond donors (Lipinski definition) is 1. The number of amides is 2. The van der Waals surface area contributed by atoms with Crippen LogP contribution in [0.2, 0.25) is 0 Å². The van der Waals surface area contributed by atoms with Crippen molar-refractivity contribution in [1.29, 1.82) is 0 Å². The Balaban J connectivity index is 1.57. The quantitative estimate of drug-likeness (QED) is 0.236. The first-order chi connectivity index (χ1) is 22.2. The standard InChI is InChI=1S/C35H36FN3O6S/c1-3-37-35(41)31(21-26-10-5-4-6-11-26)38(23-27-12-8-7-9-25(27)2)34(40)24-39(29-15-13-28(36)14-16-29)46(42,43)30-17-18-32-33(22-30)45-20-19-44-32/h4-18,22,31H,3,19-21,23-24H2,1-2H3,(H,37,41)/t31-/m1/s1. The molecule has 4 aromatic carbocycles. The van der Waals surface area contributed by atoms with Crippen LogP contribution in [0, 0.1) is 12.7 Å². The van der Waals surface area contributed by atoms with Crippen molar-refractivity contribution in [3.8, 4) is 11.5 Å². The molecule has 9 nitrogen and oxygen atoms in total. The third kappa shape index (κ3) is 7.48. The van der Waals surface area contributed by atoms with Gasteiger partial charge in [0, 0.05) is 25.6 Å². The number of carbonyl (C=O) groups excluding carboxylic acids is 2. The fraction of sp³-hybridized carbons (Fsp3) is 0.257. The van der Waals surface area contributed by atoms with Crippen molar-refractivity contribution in [3.05, 3.63) is 120 Å². The highest BCUT2D eigenvalue weighted by molar-refractivity contribution is 7.92. The number of benzene rings is 4. The molecule has 2 amide bonds. The van der Waals surface area contributed by atoms with E-state index >= 15 is 0 Å². The molecule has 11 heteroatoms. The fourth-order valence-electron chi connectivity index (χ4n) is 5.26. The maximum absolute atomic E-state index is 14.5. The highest BCUT2D eigenvalue weighted by Crippen LogP contribution is 2.34. The van der Waals surface area contributed by atoms with Crippen LogP contribution in [0.3, 0.4) is 0 Å². The second-order valence-corrected chi connectivity index (χ2v) is 12.7. The van der Waals surface area contributed by atoms with Gasteiger partial charge in [0.25, 0.3) is 10.0 Å². The molecule has 5 rings (SSSR count). The maximum atomic E-state index is 14.5. The van der Waals surface area contributed by atoms with Crippen molar-refractivity contribution in [1.82, 2.24) is 10.2 Å². The minimum Gasteiger partial charge on any atom is -0.486 e. The lowest BCUT2D eigenvalue weighted by Crippen LogP contribution is -2.53. The largest absolute Gasteiger partial charge is 0.486 e. The molecule has 1 atom stereocenters. The van der Waals surface area contributed by atoms with E-state index in [0.29, 0.717) is 18.9 Å². The van der Waals surface area contributed by atoms with Gasteiger partial charge in [-0.05, 0) is 66.9 Å². The van der Waals surface area contributed by atoms with Crippen LogP contribution >= 0.6 is 0 Å². The molecular formula is C35H36FN3O6S. The second-order valence-electron chi connectivity index (χ2n) is 10.8. The second kappa shape index (κ2) is 14.5. The van der Waals surface area contributed by atoms with E-state index < -0.39 is 34.3 Å². The molecule has 0 aliphatic carbocycles. The Morgan fingerprint density at radius 1 is 0.891 bits per heavy atom. The summed E-state index contributed by atoms with van der Waals surface area (Å²) in [5, 5.41) is 2.85. The van der Waals surface area contributed by atoms with Gasteiger partial charge in [-0.15, -0.1) is 0 Å². The molecule has 1 aliphatic heterocycles. The van der Waals surface area contributed by atoms with Gasteiger partial charge in [0.2, 0.25) is 11.8 Å². The lowest BCUT2D eigenvalue weighted by Gasteiger charge is -2.34. The van der Waals surface area contributed by atoms with Crippen LogP contribution in [0.1, 0.15) is 23.6 Å². The molecule has 1 heterocycles. The zero-order chi connectivity index (χ0) is 32.7. The first-order valence-electron chi connectivity index (χ1n) is 15.0. The Labute approximate surface area is 268 Å². The Morgan fingerprint density at radius 3 is 2.26 bits per heavy atom. The number of hydrogen-bond acceptors (Lipinski definition) is 6. The number of aryl methyl sites for hydroxylation is 1. The van der Waals surface area contributed by atoms with Gasteiger partial charge in [-0.1, -0.05) is 54.6 Å². The lowest BCUT2D eigenvalue weighted by molar-refractivity contribution is -0.140. The van der Waals surface area contributed by atoms with Crippen LogP contribution in [0.4, 0.5) is 10.1 Å². The van der Waals surface area contributed by atoms with Crippen molar-refractivity contribution in [2.24, 2.45) is 0 Å². The summed E-state index contributed by atoms with van der Waals surface area (Å²) in [4.78, 5) is 29.4. The minimum atomic E-state index is -4.40. The molecule has 46 heavy (non-hydrogen) atoms. The van der Waals surface area contributed by atoms with E-state index in [1.807, 2.05) is 61.5 Å². The monoisotopic (exact) mass is 645 g/mol. The van der Waals surface area contributed by atoms with Crippen molar-refractivity contribution in [2.75, 3.05) is 30.6 Å². The van der Waals surface area contributed by atoms with Gasteiger partial charge >= 0.3 is 0 Å². The van der Waals surface area contributed by atoms with E-state index in [1.165, 1.54) is 35.2 Å². The van der Waals surface area contributed by atoms with Crippen molar-refractivity contribution in [2.45, 2.75) is 37.8 Å². The summed E-state index contributed by atoms with van der Waals surface area (Å²) in [6.45, 7) is 4.04. The van der Waals surface area contributed by atoms with Crippen LogP contribution < -0.4 is 19.1 Å². The third-order valence-electron chi connectivity index (χ3n) is 7.72. The smallest absolute Gasteiger partial charge is 0.264 e. The molecule has 240 valence electrons. The predicted octanol–water partition coefficient (Wildman–Crippen LogP) is 4.88. The van der Waals surface area contributed by atoms with Crippen LogP contribution in [-0.4, -0.2) is 57.5 Å². The zero-order valence-electron chi connectivity index (χ0n) is 25.7. The van der Waals surface area contributed by atoms with Crippen molar-refractivity contribution in [3.63, 3.8) is 0 Å². The van der Waals surface area contributed by atoms with Gasteiger partial charge in [0.15, 0.2) is 11.5 Å². The number of halogens is 1. The molecule has 0 aromatic heterocycles. The molecule has 0 saturated carbocycles. The molecule has 0 radical (unpaired) electrons. The summed E-state index contributed by atoms with van der Waals surface area (Å²) < 4.78 is 54.6. The van der Waals surface area contributed by atoms with E-state index in [9.17, 15) is 22.4 Å². The first-order valence-corrected chi connectivity index (χ1v) is 16.4. The zero-order valence-corrected chi connectivity index (χ0v) is 26.5. The number of sulfonamides is 1. The highest BCUT2D eigenvalue weighted by Gasteiger charge is 2.35. The number of ether oxygens (including phenoxy) is 2. The first kappa shape index (κ1) is 32.5. The molecule has 1 N–H and O–H groups in total. The fourth-order valence-corrected chi connectivity index (χ4v) is 6.69. The van der Waals surface area contributed by atoms with Crippen LogP contribution in [-0.2, 0) is 32.6 Å². The van der Waals surface area contributed by atoms with Gasteiger partial charge in [-0.2, -0.15) is 0 Å². The van der Waals surface area contributed by atoms with Crippen LogP contribution in [0.5, 0.6) is 11.5 Å². The van der Waals surface area contributed by atoms with Crippen molar-refractivity contribution >= 4 is 27.5 Å². The summed E-state index contributed by atoms with van der Waals surface area (Å²) in [5.74, 6) is -0.868. The summed E-state index contributed by atoms with van der Waals surface area (Å²) in [6.07, 6.45) is 0.204. The van der Waals surface area contributed by atoms with Crippen LogP contribution in [0.15, 0.2) is 102 Å². The summed E-state index contributed by atoms with van der Waals surface area (Å²) in [6, 6.07) is 25.0. The Hall–Kier alpha value is -4.90. The van der Waals surface area contributed by atoms with Gasteiger partial charge in [-0.3, -0.25) is 13.9 Å². The number of nitrogens with one attached hydrogen (secondary N) is 1. The van der Waals surface area contributed by atoms with Crippen molar-refractivity contribution < 1.29 is 31.9 Å². The molecular weight excluding hydrogens is 609 g/mol. The summed E-state index contributed by atoms with van der Waals surface area (Å²) >= 11 is 0. The van der Waals surface area contributed by atoms with Gasteiger partial charge in [0.1, 0.15) is 31.6 Å². The van der Waals surface area contributed by atoms with E-state index in [0.717, 1.165) is 33.1 Å². The number of nitrogens with zero attached hydrogens (tertiary/aromatic N) is 2. The predicted molar refractivity (Wildman–Crippen MR) is 173 cm³/mol. The van der Waals surface area contributed by atoms with Gasteiger partial charge in [0.05, 0.1) is 10.6 Å². The molecule has 4 aromatic rings. The average Bonchev–Trinajstić information content (AvgIpc) is 3.06. The molecule has 0 spiro atoms. The Bertz CT molecular complexity index is 1780. The number of likely N-dealkylation sites (N-methyl/N-ethyl adjacent to an activating group) is 1. The summed E-state index contributed by atoms with van der Waals surface area (Å²) in [5.41, 5.74) is 2.63. The molecule has 1 aliphatic rings. The Morgan fingerprint density at radius 2 is 1.57 bits per heavy atom. The van der Waals surface area contributed by atoms with E-state index in [-0.39, 0.29) is 41.8 Å². The molecule has 0 unspecified atom stereocenters. The number of fused-ring (bicyclic) bond motifs is 1. The normalized spacial score (nSPS) is 13.0. The van der Waals surface area contributed by atoms with Gasteiger partial charge in [-0.25, -0.2) is 12.8 Å². The topological polar surface area (TPSA) is 105 Å². The molecule has 0 saturated heterocycles. The number of carbonyl (C=O) groups is 2. The average molecular weight is 646 g/mol. The number of anilines is 1. The van der Waals surface area contributed by atoms with E-state index in [1.54, 1.807) is 6.92 Å². The van der Waals surface area contributed by atoms with E-state index in [2.05, 4.69) is 5.32 Å². The van der Waals surface area contributed by atoms with E-state index in [4.69, 9.17) is 9.47 Å². The Kier molecular flexibility index (Phi) is 10.2. The molecule has 0 bridgehead atoms. The lowest BCUT2D eigenvalue weighted by atomic mass is 10.0. The molecule has 0 fully saturated rings. The maximum Gasteiger partial charge on any atom is 0.264 e. The van der Waals surface area contributed by atoms with Crippen LogP contribution in [0.25, 0.3) is 0 Å². The SMILES string of the molecule is CCNC(=O)[C@@H](Cc1ccccc1)N(Cc1ccccc1C)C(=O)CN(c1ccc(F)cc1)S(=O)(=O)c1ccc2c(c1)OCCO2. The highest BCUT2D eigenvalue weighted by atomic mass is 32.2. The minimum absolute atomic E-state index is 0.0570. The summed E-state index contributed by atoms with van der Waals surface area (Å²) in [7, 11) is -4.40. The third-order valence-corrected chi connectivity index (χ3v) is 9.49.